The van der Waals surface area contributed by atoms with E-state index < -0.39 is 0 Å². The molecule has 0 saturated heterocycles. The number of rotatable bonds is 3. The van der Waals surface area contributed by atoms with Gasteiger partial charge < -0.3 is 10.6 Å². The molecule has 0 radical (unpaired) electrons. The number of hydrogen-bond acceptors (Lipinski definition) is 2. The lowest BCUT2D eigenvalue weighted by Crippen LogP contribution is -2.62. The SMILES string of the molecule is CC1CCC(C(N)C2CCCC(C)C2)(N(C)C)CC1. The van der Waals surface area contributed by atoms with Gasteiger partial charge in [-0.15, -0.1) is 0 Å². The molecule has 2 rings (SSSR count). The van der Waals surface area contributed by atoms with Gasteiger partial charge in [0.25, 0.3) is 0 Å². The third-order valence-corrected chi connectivity index (χ3v) is 6.14. The molecular weight excluding hydrogens is 232 g/mol. The van der Waals surface area contributed by atoms with E-state index in [1.165, 1.54) is 51.4 Å². The van der Waals surface area contributed by atoms with Crippen molar-refractivity contribution in [1.29, 1.82) is 0 Å². The van der Waals surface area contributed by atoms with Gasteiger partial charge in [0.05, 0.1) is 0 Å². The van der Waals surface area contributed by atoms with Crippen LogP contribution in [0.15, 0.2) is 0 Å². The van der Waals surface area contributed by atoms with Crippen LogP contribution in [0, 0.1) is 17.8 Å². The van der Waals surface area contributed by atoms with Gasteiger partial charge in [0, 0.05) is 11.6 Å². The number of likely N-dealkylation sites (N-methyl/N-ethyl adjacent to an activating group) is 1. The van der Waals surface area contributed by atoms with Crippen molar-refractivity contribution >= 4 is 0 Å². The maximum atomic E-state index is 6.83. The van der Waals surface area contributed by atoms with Crippen molar-refractivity contribution in [1.82, 2.24) is 4.90 Å². The highest BCUT2D eigenvalue weighted by molar-refractivity contribution is 5.03. The van der Waals surface area contributed by atoms with E-state index in [9.17, 15) is 0 Å². The summed E-state index contributed by atoms with van der Waals surface area (Å²) in [7, 11) is 4.50. The van der Waals surface area contributed by atoms with Gasteiger partial charge in [-0.3, -0.25) is 0 Å². The third-order valence-electron chi connectivity index (χ3n) is 6.14. The Kier molecular flexibility index (Phi) is 4.94. The van der Waals surface area contributed by atoms with E-state index >= 15 is 0 Å². The van der Waals surface area contributed by atoms with Crippen molar-refractivity contribution in [3.8, 4) is 0 Å². The molecule has 0 spiro atoms. The first-order valence-corrected chi connectivity index (χ1v) is 8.38. The van der Waals surface area contributed by atoms with Gasteiger partial charge in [-0.05, 0) is 70.4 Å². The first-order valence-electron chi connectivity index (χ1n) is 8.38. The molecule has 2 nitrogen and oxygen atoms in total. The van der Waals surface area contributed by atoms with Crippen LogP contribution in [-0.2, 0) is 0 Å². The second-order valence-electron chi connectivity index (χ2n) is 7.74. The van der Waals surface area contributed by atoms with Crippen LogP contribution in [-0.4, -0.2) is 30.6 Å². The molecule has 0 aromatic heterocycles. The fraction of sp³-hybridized carbons (Fsp3) is 1.00. The Morgan fingerprint density at radius 1 is 1.00 bits per heavy atom. The van der Waals surface area contributed by atoms with Gasteiger partial charge >= 0.3 is 0 Å². The van der Waals surface area contributed by atoms with E-state index in [1.54, 1.807) is 0 Å². The van der Waals surface area contributed by atoms with Crippen molar-refractivity contribution in [3.05, 3.63) is 0 Å². The number of nitrogens with zero attached hydrogens (tertiary/aromatic N) is 1. The minimum atomic E-state index is 0.272. The highest BCUT2D eigenvalue weighted by atomic mass is 15.2. The maximum Gasteiger partial charge on any atom is 0.0357 e. The van der Waals surface area contributed by atoms with Crippen LogP contribution in [0.25, 0.3) is 0 Å². The summed E-state index contributed by atoms with van der Waals surface area (Å²) in [5.41, 5.74) is 7.10. The predicted octanol–water partition coefficient (Wildman–Crippen LogP) is 3.65. The summed E-state index contributed by atoms with van der Waals surface area (Å²) in [6, 6.07) is 0.373. The summed E-state index contributed by atoms with van der Waals surface area (Å²) in [6.45, 7) is 4.80. The molecule has 0 amide bonds. The van der Waals surface area contributed by atoms with E-state index in [1.807, 2.05) is 0 Å². The third kappa shape index (κ3) is 3.16. The van der Waals surface area contributed by atoms with Gasteiger partial charge in [0.1, 0.15) is 0 Å². The summed E-state index contributed by atoms with van der Waals surface area (Å²) in [5, 5.41) is 0. The van der Waals surface area contributed by atoms with Crippen molar-refractivity contribution in [2.75, 3.05) is 14.1 Å². The molecule has 3 atom stereocenters. The molecule has 2 saturated carbocycles. The average Bonchev–Trinajstić information content (AvgIpc) is 2.39. The van der Waals surface area contributed by atoms with Crippen LogP contribution in [0.2, 0.25) is 0 Å². The van der Waals surface area contributed by atoms with Crippen LogP contribution in [0.4, 0.5) is 0 Å². The Balaban J connectivity index is 2.10. The summed E-state index contributed by atoms with van der Waals surface area (Å²) >= 11 is 0. The van der Waals surface area contributed by atoms with Crippen LogP contribution in [0.5, 0.6) is 0 Å². The monoisotopic (exact) mass is 266 g/mol. The number of nitrogens with two attached hydrogens (primary N) is 1. The molecule has 0 bridgehead atoms. The van der Waals surface area contributed by atoms with Gasteiger partial charge in [0.15, 0.2) is 0 Å². The zero-order valence-corrected chi connectivity index (χ0v) is 13.5. The van der Waals surface area contributed by atoms with E-state index in [4.69, 9.17) is 5.73 Å². The topological polar surface area (TPSA) is 29.3 Å². The highest BCUT2D eigenvalue weighted by Crippen LogP contribution is 2.42. The van der Waals surface area contributed by atoms with Crippen LogP contribution in [0.1, 0.15) is 65.2 Å². The Morgan fingerprint density at radius 3 is 2.16 bits per heavy atom. The molecular formula is C17H34N2. The molecule has 2 heteroatoms. The minimum absolute atomic E-state index is 0.272. The second kappa shape index (κ2) is 6.13. The van der Waals surface area contributed by atoms with E-state index in [-0.39, 0.29) is 5.54 Å². The molecule has 3 unspecified atom stereocenters. The summed E-state index contributed by atoms with van der Waals surface area (Å²) in [4.78, 5) is 2.46. The van der Waals surface area contributed by atoms with E-state index in [2.05, 4.69) is 32.8 Å². The van der Waals surface area contributed by atoms with Crippen LogP contribution < -0.4 is 5.73 Å². The Bertz CT molecular complexity index is 279. The molecule has 2 aliphatic rings. The Hall–Kier alpha value is -0.0800. The second-order valence-corrected chi connectivity index (χ2v) is 7.74. The van der Waals surface area contributed by atoms with Gasteiger partial charge in [-0.1, -0.05) is 26.7 Å². The van der Waals surface area contributed by atoms with Crippen molar-refractivity contribution in [3.63, 3.8) is 0 Å². The first kappa shape index (κ1) is 15.3. The van der Waals surface area contributed by atoms with Crippen molar-refractivity contribution in [2.45, 2.75) is 76.8 Å². The normalized spacial score (nSPS) is 42.3. The molecule has 2 aliphatic carbocycles. The molecule has 2 N–H and O–H groups in total. The molecule has 0 heterocycles. The predicted molar refractivity (Wildman–Crippen MR) is 83.1 cm³/mol. The van der Waals surface area contributed by atoms with Crippen molar-refractivity contribution < 1.29 is 0 Å². The standard InChI is InChI=1S/C17H34N2/c1-13-8-10-17(11-9-13,19(3)4)16(18)15-7-5-6-14(2)12-15/h13-16H,5-12,18H2,1-4H3. The number of hydrogen-bond donors (Lipinski definition) is 1. The van der Waals surface area contributed by atoms with Crippen LogP contribution >= 0.6 is 0 Å². The van der Waals surface area contributed by atoms with Crippen molar-refractivity contribution in [2.24, 2.45) is 23.5 Å². The van der Waals surface area contributed by atoms with Gasteiger partial charge in [-0.2, -0.15) is 0 Å². The molecule has 112 valence electrons. The Morgan fingerprint density at radius 2 is 1.63 bits per heavy atom. The van der Waals surface area contributed by atoms with E-state index in [0.29, 0.717) is 6.04 Å². The zero-order valence-electron chi connectivity index (χ0n) is 13.5. The Labute approximate surface area is 120 Å². The largest absolute Gasteiger partial charge is 0.326 e. The quantitative estimate of drug-likeness (QED) is 0.845. The first-order chi connectivity index (χ1) is 8.95. The lowest BCUT2D eigenvalue weighted by atomic mass is 9.65. The molecule has 2 fully saturated rings. The molecule has 19 heavy (non-hydrogen) atoms. The zero-order chi connectivity index (χ0) is 14.0. The summed E-state index contributed by atoms with van der Waals surface area (Å²) < 4.78 is 0. The maximum absolute atomic E-state index is 6.83. The summed E-state index contributed by atoms with van der Waals surface area (Å²) in [5.74, 6) is 2.52. The van der Waals surface area contributed by atoms with Crippen LogP contribution in [0.3, 0.4) is 0 Å². The van der Waals surface area contributed by atoms with Gasteiger partial charge in [-0.25, -0.2) is 0 Å². The van der Waals surface area contributed by atoms with E-state index in [0.717, 1.165) is 17.8 Å². The minimum Gasteiger partial charge on any atom is -0.326 e. The fourth-order valence-corrected chi connectivity index (χ4v) is 4.59. The van der Waals surface area contributed by atoms with Gasteiger partial charge in [0.2, 0.25) is 0 Å². The lowest BCUT2D eigenvalue weighted by molar-refractivity contribution is 0.0248. The molecule has 0 aromatic carbocycles. The molecule has 0 aliphatic heterocycles. The average molecular weight is 266 g/mol. The lowest BCUT2D eigenvalue weighted by Gasteiger charge is -2.51. The fourth-order valence-electron chi connectivity index (χ4n) is 4.59. The summed E-state index contributed by atoms with van der Waals surface area (Å²) in [6.07, 6.45) is 10.8. The highest BCUT2D eigenvalue weighted by Gasteiger charge is 2.44. The molecule has 0 aromatic rings. The smallest absolute Gasteiger partial charge is 0.0357 e.